The topological polar surface area (TPSA) is 45.3 Å². The summed E-state index contributed by atoms with van der Waals surface area (Å²) in [7, 11) is 13.6. The van der Waals surface area contributed by atoms with Crippen molar-refractivity contribution in [1.82, 2.24) is 0 Å². The molecule has 1 unspecified atom stereocenters. The summed E-state index contributed by atoms with van der Waals surface area (Å²) in [5.41, 5.74) is 5.12. The third-order valence-electron chi connectivity index (χ3n) is 6.22. The molecular weight excluding hydrogens is 414 g/mol. The first-order valence-electron chi connectivity index (χ1n) is 10.9. The molecule has 3 aromatic carbocycles. The Hall–Kier alpha value is -3.67. The summed E-state index contributed by atoms with van der Waals surface area (Å²) in [5, 5.41) is 0. The highest BCUT2D eigenvalue weighted by Gasteiger charge is 2.50. The number of fused-ring (bicyclic) bond motifs is 1. The number of anilines is 3. The number of carbonyl (C=O) groups excluding carboxylic acids is 1. The Morgan fingerprint density at radius 3 is 1.85 bits per heavy atom. The van der Waals surface area contributed by atoms with Crippen molar-refractivity contribution in [3.8, 4) is 5.75 Å². The van der Waals surface area contributed by atoms with Crippen molar-refractivity contribution in [2.45, 2.75) is 5.60 Å². The van der Waals surface area contributed by atoms with Crippen LogP contribution in [0.3, 0.4) is 0 Å². The van der Waals surface area contributed by atoms with Crippen molar-refractivity contribution in [2.24, 2.45) is 0 Å². The number of hydrogen-bond donors (Lipinski definition) is 0. The number of nitrogens with zero attached hydrogens (tertiary/aromatic N) is 3. The summed E-state index contributed by atoms with van der Waals surface area (Å²) in [6.45, 7) is 0. The summed E-state index contributed by atoms with van der Waals surface area (Å²) in [5.74, 6) is 0.420. The van der Waals surface area contributed by atoms with E-state index in [0.29, 0.717) is 5.56 Å². The lowest BCUT2D eigenvalue weighted by Gasteiger charge is -2.34. The van der Waals surface area contributed by atoms with Gasteiger partial charge in [-0.1, -0.05) is 24.3 Å². The highest BCUT2D eigenvalue weighted by atomic mass is 16.6. The third kappa shape index (κ3) is 3.65. The van der Waals surface area contributed by atoms with E-state index in [-0.39, 0.29) is 5.97 Å². The van der Waals surface area contributed by atoms with E-state index in [9.17, 15) is 4.79 Å². The lowest BCUT2D eigenvalue weighted by Crippen LogP contribution is -2.32. The maximum absolute atomic E-state index is 13.3. The Bertz CT molecular complexity index is 1190. The maximum Gasteiger partial charge on any atom is 0.340 e. The van der Waals surface area contributed by atoms with Crippen LogP contribution in [-0.2, 0) is 10.3 Å². The summed E-state index contributed by atoms with van der Waals surface area (Å²) >= 11 is 0. The molecule has 0 spiro atoms. The molecule has 1 aliphatic rings. The minimum absolute atomic E-state index is 0.328. The number of cyclic esters (lactones) is 1. The van der Waals surface area contributed by atoms with Gasteiger partial charge in [0.05, 0.1) is 12.7 Å². The number of benzene rings is 3. The normalized spacial score (nSPS) is 16.8. The molecule has 3 aromatic rings. The molecule has 0 saturated heterocycles. The van der Waals surface area contributed by atoms with Gasteiger partial charge < -0.3 is 24.2 Å². The van der Waals surface area contributed by atoms with Crippen LogP contribution in [0, 0.1) is 0 Å². The van der Waals surface area contributed by atoms with Crippen LogP contribution in [0.2, 0.25) is 0 Å². The van der Waals surface area contributed by atoms with E-state index in [4.69, 9.17) is 9.47 Å². The van der Waals surface area contributed by atoms with Crippen molar-refractivity contribution in [2.75, 3.05) is 64.1 Å². The molecule has 1 atom stereocenters. The number of esters is 1. The molecule has 0 aliphatic carbocycles. The van der Waals surface area contributed by atoms with Crippen LogP contribution in [0.25, 0.3) is 0 Å². The van der Waals surface area contributed by atoms with Crippen molar-refractivity contribution in [3.05, 3.63) is 82.9 Å². The smallest absolute Gasteiger partial charge is 0.340 e. The molecule has 6 heteroatoms. The molecule has 0 saturated carbocycles. The second kappa shape index (κ2) is 8.35. The zero-order chi connectivity index (χ0) is 23.9. The molecule has 0 bridgehead atoms. The van der Waals surface area contributed by atoms with Crippen molar-refractivity contribution < 1.29 is 14.3 Å². The van der Waals surface area contributed by atoms with Gasteiger partial charge in [0, 0.05) is 76.0 Å². The van der Waals surface area contributed by atoms with Gasteiger partial charge in [-0.25, -0.2) is 4.79 Å². The van der Waals surface area contributed by atoms with Crippen LogP contribution in [0.5, 0.6) is 5.75 Å². The lowest BCUT2D eigenvalue weighted by atomic mass is 9.78. The highest BCUT2D eigenvalue weighted by molar-refractivity contribution is 5.98. The van der Waals surface area contributed by atoms with Gasteiger partial charge in [-0.05, 0) is 36.4 Å². The first kappa shape index (κ1) is 22.5. The second-order valence-corrected chi connectivity index (χ2v) is 8.91. The molecule has 1 aliphatic heterocycles. The van der Waals surface area contributed by atoms with Crippen LogP contribution < -0.4 is 19.4 Å². The van der Waals surface area contributed by atoms with Gasteiger partial charge in [0.25, 0.3) is 0 Å². The van der Waals surface area contributed by atoms with E-state index in [1.54, 1.807) is 7.11 Å². The van der Waals surface area contributed by atoms with E-state index >= 15 is 0 Å². The zero-order valence-electron chi connectivity index (χ0n) is 20.3. The Morgan fingerprint density at radius 2 is 1.30 bits per heavy atom. The van der Waals surface area contributed by atoms with E-state index < -0.39 is 5.60 Å². The van der Waals surface area contributed by atoms with E-state index in [0.717, 1.165) is 39.5 Å². The average Bonchev–Trinajstić information content (AvgIpc) is 3.11. The molecule has 33 heavy (non-hydrogen) atoms. The summed E-state index contributed by atoms with van der Waals surface area (Å²) < 4.78 is 11.7. The Labute approximate surface area is 195 Å². The first-order valence-corrected chi connectivity index (χ1v) is 10.9. The summed E-state index contributed by atoms with van der Waals surface area (Å²) in [6, 6.07) is 20.0. The van der Waals surface area contributed by atoms with Crippen molar-refractivity contribution in [1.29, 1.82) is 0 Å². The SMILES string of the molecule is COc1ccc(C2(c3ccc(N(C)C)cc3N(C)C)OC(=O)c3cc(N(C)C)ccc32)cc1. The van der Waals surface area contributed by atoms with Crippen molar-refractivity contribution in [3.63, 3.8) is 0 Å². The van der Waals surface area contributed by atoms with E-state index in [1.807, 2.05) is 89.7 Å². The molecule has 0 aromatic heterocycles. The number of methoxy groups -OCH3 is 1. The van der Waals surface area contributed by atoms with Gasteiger partial charge in [-0.2, -0.15) is 0 Å². The molecule has 4 rings (SSSR count). The highest BCUT2D eigenvalue weighted by Crippen LogP contribution is 2.51. The molecule has 0 amide bonds. The van der Waals surface area contributed by atoms with Crippen LogP contribution in [0.1, 0.15) is 27.0 Å². The fraction of sp³-hybridized carbons (Fsp3) is 0.296. The molecule has 6 nitrogen and oxygen atoms in total. The van der Waals surface area contributed by atoms with Crippen LogP contribution in [0.4, 0.5) is 17.1 Å². The number of ether oxygens (including phenoxy) is 2. The summed E-state index contributed by atoms with van der Waals surface area (Å²) in [6.07, 6.45) is 0. The van der Waals surface area contributed by atoms with Gasteiger partial charge in [-0.3, -0.25) is 0 Å². The van der Waals surface area contributed by atoms with Crippen LogP contribution in [0.15, 0.2) is 60.7 Å². The Morgan fingerprint density at radius 1 is 0.727 bits per heavy atom. The van der Waals surface area contributed by atoms with Gasteiger partial charge in [0.2, 0.25) is 0 Å². The summed E-state index contributed by atoms with van der Waals surface area (Å²) in [4.78, 5) is 19.4. The Balaban J connectivity index is 2.05. The maximum atomic E-state index is 13.3. The van der Waals surface area contributed by atoms with E-state index in [1.165, 1.54) is 0 Å². The molecule has 172 valence electrons. The molecule has 0 radical (unpaired) electrons. The number of hydrogen-bond acceptors (Lipinski definition) is 6. The minimum Gasteiger partial charge on any atom is -0.497 e. The van der Waals surface area contributed by atoms with E-state index in [2.05, 4.69) is 28.0 Å². The molecule has 1 heterocycles. The third-order valence-corrected chi connectivity index (χ3v) is 6.22. The van der Waals surface area contributed by atoms with Gasteiger partial charge >= 0.3 is 5.97 Å². The average molecular weight is 446 g/mol. The lowest BCUT2D eigenvalue weighted by molar-refractivity contribution is 0.0253. The number of carbonyl (C=O) groups is 1. The molecule has 0 fully saturated rings. The second-order valence-electron chi connectivity index (χ2n) is 8.91. The van der Waals surface area contributed by atoms with Gasteiger partial charge in [-0.15, -0.1) is 0 Å². The fourth-order valence-corrected chi connectivity index (χ4v) is 4.40. The van der Waals surface area contributed by atoms with Gasteiger partial charge in [0.1, 0.15) is 5.75 Å². The minimum atomic E-state index is -1.08. The van der Waals surface area contributed by atoms with Crippen molar-refractivity contribution >= 4 is 23.0 Å². The zero-order valence-corrected chi connectivity index (χ0v) is 20.3. The Kier molecular flexibility index (Phi) is 5.70. The van der Waals surface area contributed by atoms with Crippen LogP contribution in [-0.4, -0.2) is 55.4 Å². The first-order chi connectivity index (χ1) is 15.7. The van der Waals surface area contributed by atoms with Crippen LogP contribution >= 0.6 is 0 Å². The largest absolute Gasteiger partial charge is 0.497 e. The number of rotatable bonds is 6. The fourth-order valence-electron chi connectivity index (χ4n) is 4.40. The monoisotopic (exact) mass is 445 g/mol. The standard InChI is InChI=1S/C27H31N3O3/c1-28(2)19-10-14-23-22(16-19)26(31)33-27(23,18-8-12-21(32-7)13-9-18)24-15-11-20(29(3)4)17-25(24)30(5)6/h8-17H,1-7H3. The molecule has 0 N–H and O–H groups in total. The predicted molar refractivity (Wildman–Crippen MR) is 134 cm³/mol. The van der Waals surface area contributed by atoms with Gasteiger partial charge in [0.15, 0.2) is 5.60 Å². The molecular formula is C27H31N3O3. The predicted octanol–water partition coefficient (Wildman–Crippen LogP) is 4.36. The quantitative estimate of drug-likeness (QED) is 0.526.